The van der Waals surface area contributed by atoms with Gasteiger partial charge in [-0.05, 0) is 51.3 Å². The fraction of sp³-hybridized carbons (Fsp3) is 0.474. The first kappa shape index (κ1) is 23.5. The molecular weight excluding hydrogens is 382 g/mol. The number of hydrogen-bond donors (Lipinski definition) is 3. The van der Waals surface area contributed by atoms with Gasteiger partial charge in [-0.1, -0.05) is 18.2 Å². The molecule has 0 saturated heterocycles. The molecule has 0 heterocycles. The molecule has 3 N–H and O–H groups in total. The molecule has 0 spiro atoms. The van der Waals surface area contributed by atoms with Crippen molar-refractivity contribution in [2.75, 3.05) is 12.0 Å². The molecule has 1 aromatic carbocycles. The van der Waals surface area contributed by atoms with E-state index in [4.69, 9.17) is 4.74 Å². The van der Waals surface area contributed by atoms with Crippen molar-refractivity contribution in [1.29, 1.82) is 0 Å². The zero-order chi connectivity index (χ0) is 21.1. The summed E-state index contributed by atoms with van der Waals surface area (Å²) in [6.07, 6.45) is 1.04. The monoisotopic (exact) mass is 409 g/mol. The Balaban J connectivity index is 2.69. The zero-order valence-electron chi connectivity index (χ0n) is 16.5. The quantitative estimate of drug-likeness (QED) is 0.535. The summed E-state index contributed by atoms with van der Waals surface area (Å²) in [7, 11) is 0. The summed E-state index contributed by atoms with van der Waals surface area (Å²) in [5, 5.41) is 7.25. The number of carbonyl (C=O) groups excluding carboxylic acids is 4. The second-order valence-electron chi connectivity index (χ2n) is 6.37. The van der Waals surface area contributed by atoms with E-state index in [1.165, 1.54) is 18.7 Å². The Bertz CT molecular complexity index is 681. The molecule has 1 aromatic rings. The van der Waals surface area contributed by atoms with Crippen LogP contribution >= 0.6 is 11.8 Å². The van der Waals surface area contributed by atoms with Gasteiger partial charge in [0.1, 0.15) is 6.04 Å². The van der Waals surface area contributed by atoms with Crippen LogP contribution in [0.15, 0.2) is 30.3 Å². The van der Waals surface area contributed by atoms with Gasteiger partial charge >= 0.3 is 12.0 Å². The molecule has 1 rings (SSSR count). The van der Waals surface area contributed by atoms with Crippen LogP contribution in [0.4, 0.5) is 4.79 Å². The SMILES string of the molecule is CSCC[C@@H](NC(=O)c1ccccc1)C(=O)O[C@@H](C)C(=O)NC(=O)NC(C)C. The molecule has 0 fully saturated rings. The number of amides is 4. The minimum atomic E-state index is -1.18. The molecule has 0 aromatic heterocycles. The molecule has 0 radical (unpaired) electrons. The molecule has 2 atom stereocenters. The van der Waals surface area contributed by atoms with Gasteiger partial charge in [0.15, 0.2) is 6.10 Å². The maximum absolute atomic E-state index is 12.5. The van der Waals surface area contributed by atoms with Gasteiger partial charge in [-0.2, -0.15) is 11.8 Å². The summed E-state index contributed by atoms with van der Waals surface area (Å²) in [5.74, 6) is -1.27. The van der Waals surface area contributed by atoms with Crippen molar-refractivity contribution in [3.8, 4) is 0 Å². The van der Waals surface area contributed by atoms with E-state index in [0.717, 1.165) is 0 Å². The number of benzene rings is 1. The number of rotatable bonds is 9. The van der Waals surface area contributed by atoms with Crippen LogP contribution in [-0.4, -0.2) is 54.0 Å². The summed E-state index contributed by atoms with van der Waals surface area (Å²) in [6, 6.07) is 6.78. The van der Waals surface area contributed by atoms with Crippen LogP contribution in [0.5, 0.6) is 0 Å². The molecule has 4 amide bonds. The fourth-order valence-corrected chi connectivity index (χ4v) is 2.61. The molecule has 0 aliphatic carbocycles. The average molecular weight is 410 g/mol. The van der Waals surface area contributed by atoms with Gasteiger partial charge < -0.3 is 15.4 Å². The third-order valence-corrected chi connectivity index (χ3v) is 4.20. The zero-order valence-corrected chi connectivity index (χ0v) is 17.3. The van der Waals surface area contributed by atoms with Crippen molar-refractivity contribution < 1.29 is 23.9 Å². The third-order valence-electron chi connectivity index (χ3n) is 3.56. The Morgan fingerprint density at radius 1 is 1.04 bits per heavy atom. The maximum atomic E-state index is 12.5. The maximum Gasteiger partial charge on any atom is 0.329 e. The minimum absolute atomic E-state index is 0.144. The summed E-state index contributed by atoms with van der Waals surface area (Å²) in [5.41, 5.74) is 0.417. The topological polar surface area (TPSA) is 114 Å². The number of ether oxygens (including phenoxy) is 1. The van der Waals surface area contributed by atoms with Crippen LogP contribution in [0.1, 0.15) is 37.6 Å². The number of thioether (sulfide) groups is 1. The average Bonchev–Trinajstić information content (AvgIpc) is 2.64. The smallest absolute Gasteiger partial charge is 0.329 e. The van der Waals surface area contributed by atoms with Gasteiger partial charge in [-0.3, -0.25) is 14.9 Å². The van der Waals surface area contributed by atoms with Gasteiger partial charge in [0.05, 0.1) is 0 Å². The number of hydrogen-bond acceptors (Lipinski definition) is 6. The van der Waals surface area contributed by atoms with Crippen LogP contribution in [-0.2, 0) is 14.3 Å². The van der Waals surface area contributed by atoms with E-state index in [9.17, 15) is 19.2 Å². The predicted octanol–water partition coefficient (Wildman–Crippen LogP) is 1.70. The van der Waals surface area contributed by atoms with Crippen molar-refractivity contribution in [1.82, 2.24) is 16.0 Å². The van der Waals surface area contributed by atoms with Crippen molar-refractivity contribution in [3.63, 3.8) is 0 Å². The van der Waals surface area contributed by atoms with Crippen LogP contribution in [0.2, 0.25) is 0 Å². The number of urea groups is 1. The lowest BCUT2D eigenvalue weighted by molar-refractivity contribution is -0.156. The second-order valence-corrected chi connectivity index (χ2v) is 7.36. The minimum Gasteiger partial charge on any atom is -0.451 e. The predicted molar refractivity (Wildman–Crippen MR) is 108 cm³/mol. The number of imide groups is 1. The Labute approximate surface area is 169 Å². The third kappa shape index (κ3) is 8.43. The van der Waals surface area contributed by atoms with Crippen molar-refractivity contribution in [3.05, 3.63) is 35.9 Å². The lowest BCUT2D eigenvalue weighted by Gasteiger charge is -2.20. The Hall–Kier alpha value is -2.55. The molecule has 0 aliphatic heterocycles. The van der Waals surface area contributed by atoms with E-state index in [-0.39, 0.29) is 6.04 Å². The number of nitrogens with one attached hydrogen (secondary N) is 3. The highest BCUT2D eigenvalue weighted by atomic mass is 32.2. The lowest BCUT2D eigenvalue weighted by Crippen LogP contribution is -2.48. The molecule has 8 nitrogen and oxygen atoms in total. The van der Waals surface area contributed by atoms with E-state index in [2.05, 4.69) is 16.0 Å². The van der Waals surface area contributed by atoms with Crippen molar-refractivity contribution in [2.24, 2.45) is 0 Å². The highest BCUT2D eigenvalue weighted by Gasteiger charge is 2.27. The first-order valence-corrected chi connectivity index (χ1v) is 10.3. The molecule has 0 bridgehead atoms. The van der Waals surface area contributed by atoms with Gasteiger partial charge in [0.2, 0.25) is 0 Å². The Kier molecular flexibility index (Phi) is 10.1. The van der Waals surface area contributed by atoms with Crippen LogP contribution in [0.25, 0.3) is 0 Å². The highest BCUT2D eigenvalue weighted by Crippen LogP contribution is 2.07. The Morgan fingerprint density at radius 3 is 2.25 bits per heavy atom. The number of carbonyl (C=O) groups is 4. The van der Waals surface area contributed by atoms with E-state index in [0.29, 0.717) is 17.7 Å². The largest absolute Gasteiger partial charge is 0.451 e. The lowest BCUT2D eigenvalue weighted by atomic mass is 10.1. The van der Waals surface area contributed by atoms with E-state index < -0.39 is 36.0 Å². The van der Waals surface area contributed by atoms with Crippen molar-refractivity contribution in [2.45, 2.75) is 45.4 Å². The van der Waals surface area contributed by atoms with E-state index >= 15 is 0 Å². The fourth-order valence-electron chi connectivity index (χ4n) is 2.14. The van der Waals surface area contributed by atoms with Crippen LogP contribution in [0, 0.1) is 0 Å². The van der Waals surface area contributed by atoms with Gasteiger partial charge in [-0.25, -0.2) is 9.59 Å². The molecule has 9 heteroatoms. The van der Waals surface area contributed by atoms with Crippen molar-refractivity contribution >= 4 is 35.6 Å². The van der Waals surface area contributed by atoms with Gasteiger partial charge in [0.25, 0.3) is 11.8 Å². The highest BCUT2D eigenvalue weighted by molar-refractivity contribution is 7.98. The molecule has 28 heavy (non-hydrogen) atoms. The van der Waals surface area contributed by atoms with E-state index in [1.807, 2.05) is 6.26 Å². The normalized spacial score (nSPS) is 12.6. The summed E-state index contributed by atoms with van der Waals surface area (Å²) in [6.45, 7) is 4.86. The summed E-state index contributed by atoms with van der Waals surface area (Å²) >= 11 is 1.52. The Morgan fingerprint density at radius 2 is 1.68 bits per heavy atom. The van der Waals surface area contributed by atoms with Crippen LogP contribution in [0.3, 0.4) is 0 Å². The first-order chi connectivity index (χ1) is 13.2. The van der Waals surface area contributed by atoms with E-state index in [1.54, 1.807) is 44.2 Å². The summed E-state index contributed by atoms with van der Waals surface area (Å²) < 4.78 is 5.16. The molecule has 0 unspecified atom stereocenters. The molecule has 0 saturated carbocycles. The molecular formula is C19H27N3O5S. The standard InChI is InChI=1S/C19H27N3O5S/c1-12(2)20-19(26)22-16(23)13(3)27-18(25)15(10-11-28-4)21-17(24)14-8-6-5-7-9-14/h5-9,12-13,15H,10-11H2,1-4H3,(H,21,24)(H2,20,22,23,26)/t13-,15+/m0/s1. The molecule has 154 valence electrons. The van der Waals surface area contributed by atoms with Gasteiger partial charge in [0, 0.05) is 11.6 Å². The van der Waals surface area contributed by atoms with Gasteiger partial charge in [-0.15, -0.1) is 0 Å². The summed E-state index contributed by atoms with van der Waals surface area (Å²) in [4.78, 5) is 48.4. The first-order valence-electron chi connectivity index (χ1n) is 8.91. The van der Waals surface area contributed by atoms with Crippen LogP contribution < -0.4 is 16.0 Å². The molecule has 0 aliphatic rings. The number of esters is 1. The second kappa shape index (κ2) is 12.0.